The van der Waals surface area contributed by atoms with Crippen LogP contribution in [0.25, 0.3) is 93.9 Å². The molecule has 54 heavy (non-hydrogen) atoms. The normalized spacial score (nSPS) is 13.7. The van der Waals surface area contributed by atoms with Gasteiger partial charge in [0, 0.05) is 16.5 Å². The average Bonchev–Trinajstić information content (AvgIpc) is 3.93. The quantitative estimate of drug-likeness (QED) is 0.171. The summed E-state index contributed by atoms with van der Waals surface area (Å²) in [5.74, 6) is 0. The summed E-state index contributed by atoms with van der Waals surface area (Å²) in [5, 5.41) is 5.21. The number of aromatic nitrogens is 1. The summed E-state index contributed by atoms with van der Waals surface area (Å²) in [4.78, 5) is 0. The fourth-order valence-corrected chi connectivity index (χ4v) is 10.7. The second-order valence-corrected chi connectivity index (χ2v) is 15.1. The molecule has 0 saturated carbocycles. The van der Waals surface area contributed by atoms with Gasteiger partial charge in [-0.1, -0.05) is 158 Å². The van der Waals surface area contributed by atoms with Gasteiger partial charge in [0.2, 0.25) is 0 Å². The number of benzene rings is 9. The van der Waals surface area contributed by atoms with Crippen LogP contribution in [0.3, 0.4) is 0 Å². The van der Waals surface area contributed by atoms with Crippen molar-refractivity contribution < 1.29 is 0 Å². The van der Waals surface area contributed by atoms with Crippen LogP contribution in [0.4, 0.5) is 0 Å². The van der Waals surface area contributed by atoms with E-state index in [0.717, 1.165) is 0 Å². The van der Waals surface area contributed by atoms with E-state index >= 15 is 0 Å². The number of rotatable bonds is 2. The highest BCUT2D eigenvalue weighted by Gasteiger charge is 2.51. The first-order chi connectivity index (χ1) is 26.8. The maximum Gasteiger partial charge on any atom is 0.0726 e. The van der Waals surface area contributed by atoms with Crippen molar-refractivity contribution in [3.05, 3.63) is 210 Å². The Morgan fingerprint density at radius 2 is 0.833 bits per heavy atom. The SMILES string of the molecule is c1cc(-c2ccc3c4c(cccc24)-c2ccccc2-3)cc(-n2c3ccccc3c3cc4c(cc32)C2(c3ccccc3-c3ccccc32)c2ccccc2-4)c1. The third kappa shape index (κ3) is 3.37. The summed E-state index contributed by atoms with van der Waals surface area (Å²) >= 11 is 0. The van der Waals surface area contributed by atoms with Gasteiger partial charge in [0.15, 0.2) is 0 Å². The summed E-state index contributed by atoms with van der Waals surface area (Å²) in [7, 11) is 0. The van der Waals surface area contributed by atoms with Gasteiger partial charge < -0.3 is 4.57 Å². The van der Waals surface area contributed by atoms with Gasteiger partial charge >= 0.3 is 0 Å². The first kappa shape index (κ1) is 28.6. The Kier molecular flexibility index (Phi) is 5.36. The van der Waals surface area contributed by atoms with Crippen molar-refractivity contribution in [3.8, 4) is 61.3 Å². The number of hydrogen-bond acceptors (Lipinski definition) is 0. The third-order valence-electron chi connectivity index (χ3n) is 12.8. The van der Waals surface area contributed by atoms with Gasteiger partial charge in [0.25, 0.3) is 0 Å². The van der Waals surface area contributed by atoms with Crippen LogP contribution in [0.1, 0.15) is 22.3 Å². The molecule has 0 fully saturated rings. The molecule has 0 radical (unpaired) electrons. The van der Waals surface area contributed by atoms with Crippen LogP contribution in [-0.2, 0) is 5.41 Å². The van der Waals surface area contributed by atoms with E-state index in [1.807, 2.05) is 0 Å². The molecule has 0 saturated heterocycles. The molecule has 0 amide bonds. The van der Waals surface area contributed by atoms with E-state index in [1.165, 1.54) is 116 Å². The first-order valence-corrected chi connectivity index (χ1v) is 18.9. The van der Waals surface area contributed by atoms with E-state index in [9.17, 15) is 0 Å². The summed E-state index contributed by atoms with van der Waals surface area (Å²) in [5.41, 5.74) is 21.8. The Labute approximate surface area is 313 Å². The maximum atomic E-state index is 2.53. The molecule has 0 unspecified atom stereocenters. The molecule has 1 heteroatoms. The zero-order valence-electron chi connectivity index (χ0n) is 29.3. The Bertz CT molecular complexity index is 3210. The van der Waals surface area contributed by atoms with Crippen molar-refractivity contribution >= 4 is 32.6 Å². The predicted octanol–water partition coefficient (Wildman–Crippen LogP) is 13.6. The highest BCUT2D eigenvalue weighted by atomic mass is 15.0. The molecule has 10 aromatic rings. The van der Waals surface area contributed by atoms with Gasteiger partial charge in [0.05, 0.1) is 16.4 Å². The van der Waals surface area contributed by atoms with E-state index < -0.39 is 5.41 Å². The molecule has 0 aliphatic heterocycles. The monoisotopic (exact) mass is 681 g/mol. The van der Waals surface area contributed by atoms with E-state index in [2.05, 4.69) is 193 Å². The maximum absolute atomic E-state index is 2.53. The van der Waals surface area contributed by atoms with Crippen LogP contribution >= 0.6 is 0 Å². The van der Waals surface area contributed by atoms with Crippen LogP contribution in [0.2, 0.25) is 0 Å². The second-order valence-electron chi connectivity index (χ2n) is 15.1. The minimum Gasteiger partial charge on any atom is -0.309 e. The average molecular weight is 682 g/mol. The van der Waals surface area contributed by atoms with Gasteiger partial charge in [-0.25, -0.2) is 0 Å². The molecular weight excluding hydrogens is 651 g/mol. The molecule has 1 spiro atoms. The molecule has 248 valence electrons. The molecular formula is C53H31N. The van der Waals surface area contributed by atoms with Crippen molar-refractivity contribution in [2.45, 2.75) is 5.41 Å². The fraction of sp³-hybridized carbons (Fsp3) is 0.0189. The minimum atomic E-state index is -0.390. The van der Waals surface area contributed by atoms with Crippen molar-refractivity contribution in [2.24, 2.45) is 0 Å². The zero-order chi connectivity index (χ0) is 35.1. The number of nitrogens with zero attached hydrogens (tertiary/aromatic N) is 1. The second kappa shape index (κ2) is 10.1. The molecule has 0 N–H and O–H groups in total. The van der Waals surface area contributed by atoms with Crippen LogP contribution in [0, 0.1) is 0 Å². The highest BCUT2D eigenvalue weighted by Crippen LogP contribution is 2.63. The topological polar surface area (TPSA) is 4.93 Å². The van der Waals surface area contributed by atoms with Gasteiger partial charge in [0.1, 0.15) is 0 Å². The van der Waals surface area contributed by atoms with Crippen molar-refractivity contribution in [3.63, 3.8) is 0 Å². The molecule has 1 aromatic heterocycles. The Morgan fingerprint density at radius 3 is 1.56 bits per heavy atom. The molecule has 13 rings (SSSR count). The lowest BCUT2D eigenvalue weighted by Gasteiger charge is -2.30. The standard InChI is InChI=1S/C53H31N/c1-2-16-36-35(15-1)42-22-12-21-41-34(27-28-43(36)52(41)42)32-13-11-14-33(29-32)54-50-26-10-6-20-40(50)45-30-44-39-19-5-9-25-48(39)53(49(44)31-51(45)54)46-23-7-3-17-37(46)38-18-4-8-24-47(38)53/h1-31H. The largest absolute Gasteiger partial charge is 0.309 e. The number of hydrogen-bond donors (Lipinski definition) is 0. The van der Waals surface area contributed by atoms with Crippen LogP contribution in [-0.4, -0.2) is 4.57 Å². The van der Waals surface area contributed by atoms with Crippen LogP contribution < -0.4 is 0 Å². The predicted molar refractivity (Wildman–Crippen MR) is 224 cm³/mol. The fourth-order valence-electron chi connectivity index (χ4n) is 10.7. The Balaban J connectivity index is 1.09. The van der Waals surface area contributed by atoms with E-state index in [-0.39, 0.29) is 0 Å². The molecule has 3 aliphatic rings. The van der Waals surface area contributed by atoms with E-state index in [4.69, 9.17) is 0 Å². The van der Waals surface area contributed by atoms with Gasteiger partial charge in [-0.3, -0.25) is 0 Å². The zero-order valence-corrected chi connectivity index (χ0v) is 29.3. The summed E-state index contributed by atoms with van der Waals surface area (Å²) in [6.45, 7) is 0. The Morgan fingerprint density at radius 1 is 0.296 bits per heavy atom. The van der Waals surface area contributed by atoms with Crippen molar-refractivity contribution in [2.75, 3.05) is 0 Å². The van der Waals surface area contributed by atoms with Gasteiger partial charge in [-0.05, 0) is 119 Å². The van der Waals surface area contributed by atoms with Gasteiger partial charge in [-0.15, -0.1) is 0 Å². The molecule has 9 aromatic carbocycles. The lowest BCUT2D eigenvalue weighted by Crippen LogP contribution is -2.25. The van der Waals surface area contributed by atoms with Gasteiger partial charge in [-0.2, -0.15) is 0 Å². The number of para-hydroxylation sites is 1. The summed E-state index contributed by atoms with van der Waals surface area (Å²) in [6, 6.07) is 70.7. The van der Waals surface area contributed by atoms with Crippen molar-refractivity contribution in [1.29, 1.82) is 0 Å². The van der Waals surface area contributed by atoms with Crippen LogP contribution in [0.15, 0.2) is 188 Å². The summed E-state index contributed by atoms with van der Waals surface area (Å²) in [6.07, 6.45) is 0. The molecule has 0 atom stereocenters. The first-order valence-electron chi connectivity index (χ1n) is 18.9. The number of fused-ring (bicyclic) bond motifs is 16. The van der Waals surface area contributed by atoms with E-state index in [1.54, 1.807) is 0 Å². The third-order valence-corrected chi connectivity index (χ3v) is 12.8. The Hall–Kier alpha value is -6.96. The molecule has 3 aliphatic carbocycles. The molecule has 1 heterocycles. The lowest BCUT2D eigenvalue weighted by molar-refractivity contribution is 0.794. The lowest BCUT2D eigenvalue weighted by atomic mass is 9.70. The minimum absolute atomic E-state index is 0.390. The van der Waals surface area contributed by atoms with Crippen LogP contribution in [0.5, 0.6) is 0 Å². The van der Waals surface area contributed by atoms with Crippen molar-refractivity contribution in [1.82, 2.24) is 4.57 Å². The summed E-state index contributed by atoms with van der Waals surface area (Å²) < 4.78 is 2.51. The smallest absolute Gasteiger partial charge is 0.0726 e. The molecule has 1 nitrogen and oxygen atoms in total. The molecule has 0 bridgehead atoms. The van der Waals surface area contributed by atoms with E-state index in [0.29, 0.717) is 0 Å². The highest BCUT2D eigenvalue weighted by molar-refractivity contribution is 6.19.